The molecule has 16 nitrogen and oxygen atoms in total. The van der Waals surface area contributed by atoms with Crippen LogP contribution in [-0.2, 0) is 61.3 Å². The summed E-state index contributed by atoms with van der Waals surface area (Å²) >= 11 is 0. The average molecular weight is 1630 g/mol. The number of rotatable bonds is 26. The molecule has 4 aromatic heterocycles. The van der Waals surface area contributed by atoms with Crippen LogP contribution < -0.4 is 22.5 Å². The predicted octanol–water partition coefficient (Wildman–Crippen LogP) is 20.0. The van der Waals surface area contributed by atoms with Gasteiger partial charge >= 0.3 is 0 Å². The molecule has 122 heavy (non-hydrogen) atoms. The van der Waals surface area contributed by atoms with Crippen LogP contribution in [0.3, 0.4) is 0 Å². The molecule has 0 saturated heterocycles. The number of hydrogen-bond acceptors (Lipinski definition) is 8. The number of imidazole rings is 4. The van der Waals surface area contributed by atoms with Gasteiger partial charge in [-0.2, -0.15) is 0 Å². The molecule has 16 heteroatoms. The van der Waals surface area contributed by atoms with Gasteiger partial charge in [-0.15, -0.1) is 0 Å². The third-order valence-electron chi connectivity index (χ3n) is 23.6. The van der Waals surface area contributed by atoms with E-state index in [0.29, 0.717) is 74.7 Å². The lowest BCUT2D eigenvalue weighted by atomic mass is 10.0. The second-order valence-electron chi connectivity index (χ2n) is 33.6. The van der Waals surface area contributed by atoms with Crippen LogP contribution in [0.25, 0.3) is 44.1 Å². The lowest BCUT2D eigenvalue weighted by Gasteiger charge is -2.19. The second-order valence-corrected chi connectivity index (χ2v) is 33.6. The molecule has 0 bridgehead atoms. The third-order valence-corrected chi connectivity index (χ3v) is 23.6. The highest BCUT2D eigenvalue weighted by Gasteiger charge is 2.26. The van der Waals surface area contributed by atoms with Gasteiger partial charge in [0.15, 0.2) is 0 Å². The van der Waals surface area contributed by atoms with Crippen molar-refractivity contribution in [2.24, 2.45) is 0 Å². The van der Waals surface area contributed by atoms with Crippen LogP contribution in [0.1, 0.15) is 135 Å². The molecule has 4 heterocycles. The van der Waals surface area contributed by atoms with E-state index in [1.54, 1.807) is 14.2 Å². The van der Waals surface area contributed by atoms with Crippen LogP contribution in [0.4, 0.5) is 0 Å². The van der Waals surface area contributed by atoms with Crippen LogP contribution in [0.15, 0.2) is 267 Å². The summed E-state index contributed by atoms with van der Waals surface area (Å²) in [6.45, 7) is 28.8. The number of methoxy groups -OCH3 is 2. The first kappa shape index (κ1) is 87.4. The monoisotopic (exact) mass is 1620 g/mol. The first-order chi connectivity index (χ1) is 58.9. The molecule has 0 amide bonds. The molecule has 0 aliphatic carbocycles. The first-order valence-corrected chi connectivity index (χ1v) is 42.5. The standard InChI is InChI=1S/2C27H31N3O.2C26H29N3O/c1-19-5-10-22(11-6-19)16-24(18-31-4)30-25-14-9-21(3)15-26(25)29(27(30)28)17-23-12-7-20(2)8-13-23;1-19-8-12-22(13-9-19)16-24(18-31-4)30-25-7-5-6-21(3)26(25)29(27(30)28)17-23-14-10-20(2)11-15-23;1-18-4-9-21(10-5-18)15-23(17-30)29-24-13-8-20(3)14-25(24)28(26(29)27)16-22-11-6-19(2)7-12-22;1-18-7-11-21(12-8-18)15-23(17-30)29-24-6-4-5-20(3)25(24)28(26(29)27)16-22-13-9-19(2)10-14-22/h2*5-15,24,28H,16-18H2,1-4H3;2*4-14,23,27,30H,15-17H2,1-3H3/t2*24-;2*23-/m0000/s1. The Bertz CT molecular complexity index is 6470. The number of benzene rings is 12. The van der Waals surface area contributed by atoms with Crippen molar-refractivity contribution in [3.05, 3.63) is 401 Å². The van der Waals surface area contributed by atoms with Crippen molar-refractivity contribution in [1.82, 2.24) is 36.5 Å². The van der Waals surface area contributed by atoms with Gasteiger partial charge in [-0.05, 0) is 212 Å². The Balaban J connectivity index is 0.000000140. The number of aromatic nitrogens is 8. The van der Waals surface area contributed by atoms with E-state index in [9.17, 15) is 10.2 Å². The van der Waals surface area contributed by atoms with Gasteiger partial charge in [-0.1, -0.05) is 275 Å². The maximum Gasteiger partial charge on any atom is 0.203 e. The van der Waals surface area contributed by atoms with Crippen molar-refractivity contribution in [3.63, 3.8) is 0 Å². The van der Waals surface area contributed by atoms with Gasteiger partial charge in [0, 0.05) is 14.2 Å². The molecule has 0 aliphatic heterocycles. The van der Waals surface area contributed by atoms with Crippen LogP contribution >= 0.6 is 0 Å². The fraction of sp³-hybridized carbons (Fsp3) is 0.283. The fourth-order valence-electron chi connectivity index (χ4n) is 16.8. The number of para-hydroxylation sites is 2. The summed E-state index contributed by atoms with van der Waals surface area (Å²) in [5.41, 5.74) is 34.5. The Morgan fingerprint density at radius 3 is 0.738 bits per heavy atom. The lowest BCUT2D eigenvalue weighted by Crippen LogP contribution is -2.31. The number of aliphatic hydroxyl groups excluding tert-OH is 2. The average Bonchev–Trinajstić information content (AvgIpc) is 1.63. The van der Waals surface area contributed by atoms with Gasteiger partial charge in [0.05, 0.1) is 121 Å². The summed E-state index contributed by atoms with van der Waals surface area (Å²) in [5.74, 6) is 0. The molecule has 0 radical (unpaired) electrons. The Kier molecular flexibility index (Phi) is 28.5. The minimum Gasteiger partial charge on any atom is -0.394 e. The predicted molar refractivity (Wildman–Crippen MR) is 497 cm³/mol. The molecule has 0 fully saturated rings. The Labute approximate surface area is 718 Å². The molecule has 4 atom stereocenters. The Morgan fingerprint density at radius 2 is 0.467 bits per heavy atom. The number of hydrogen-bond donors (Lipinski definition) is 6. The molecule has 6 N–H and O–H groups in total. The van der Waals surface area contributed by atoms with Crippen LogP contribution in [0.2, 0.25) is 0 Å². The van der Waals surface area contributed by atoms with Crippen molar-refractivity contribution in [1.29, 1.82) is 21.6 Å². The molecule has 0 unspecified atom stereocenters. The largest absolute Gasteiger partial charge is 0.394 e. The summed E-state index contributed by atoms with van der Waals surface area (Å²) in [4.78, 5) is 0. The number of nitrogens with one attached hydrogen (secondary N) is 4. The van der Waals surface area contributed by atoms with E-state index in [1.807, 2.05) is 19.8 Å². The molecule has 12 aromatic carbocycles. The molecule has 0 saturated carbocycles. The van der Waals surface area contributed by atoms with E-state index < -0.39 is 0 Å². The summed E-state index contributed by atoms with van der Waals surface area (Å²) in [6.07, 6.45) is 3.01. The quantitative estimate of drug-likeness (QED) is 0.0314. The number of aliphatic hydroxyl groups is 2. The maximum absolute atomic E-state index is 10.3. The molecular weight excluding hydrogens is 1510 g/mol. The normalized spacial score (nSPS) is 12.4. The van der Waals surface area contributed by atoms with E-state index in [2.05, 4.69) is 367 Å². The van der Waals surface area contributed by atoms with Crippen LogP contribution in [-0.4, -0.2) is 87.4 Å². The van der Waals surface area contributed by atoms with E-state index in [0.717, 1.165) is 73.7 Å². The van der Waals surface area contributed by atoms with Crippen LogP contribution in [0, 0.1) is 105 Å². The van der Waals surface area contributed by atoms with Gasteiger partial charge in [0.1, 0.15) is 0 Å². The van der Waals surface area contributed by atoms with Crippen molar-refractivity contribution in [2.75, 3.05) is 40.6 Å². The second kappa shape index (κ2) is 39.8. The summed E-state index contributed by atoms with van der Waals surface area (Å²) in [6, 6.07) is 93.2. The van der Waals surface area contributed by atoms with Crippen molar-refractivity contribution < 1.29 is 19.7 Å². The zero-order valence-electron chi connectivity index (χ0n) is 73.5. The molecule has 0 spiro atoms. The highest BCUT2D eigenvalue weighted by atomic mass is 16.5. The van der Waals surface area contributed by atoms with Crippen LogP contribution in [0.5, 0.6) is 0 Å². The number of fused-ring (bicyclic) bond motifs is 4. The first-order valence-electron chi connectivity index (χ1n) is 42.5. The molecule has 16 aromatic rings. The molecule has 628 valence electrons. The van der Waals surface area contributed by atoms with Crippen molar-refractivity contribution in [3.8, 4) is 0 Å². The van der Waals surface area contributed by atoms with Gasteiger partial charge in [-0.3, -0.25) is 21.6 Å². The third kappa shape index (κ3) is 20.6. The van der Waals surface area contributed by atoms with E-state index in [1.165, 1.54) is 94.6 Å². The van der Waals surface area contributed by atoms with Gasteiger partial charge in [-0.25, -0.2) is 0 Å². The fourth-order valence-corrected chi connectivity index (χ4v) is 16.8. The Morgan fingerprint density at radius 1 is 0.246 bits per heavy atom. The highest BCUT2D eigenvalue weighted by Crippen LogP contribution is 2.30. The smallest absolute Gasteiger partial charge is 0.203 e. The van der Waals surface area contributed by atoms with E-state index >= 15 is 0 Å². The zero-order valence-corrected chi connectivity index (χ0v) is 73.5. The summed E-state index contributed by atoms with van der Waals surface area (Å²) < 4.78 is 27.9. The van der Waals surface area contributed by atoms with Crippen molar-refractivity contribution in [2.45, 2.75) is 159 Å². The molecule has 16 rings (SSSR count). The van der Waals surface area contributed by atoms with Crippen molar-refractivity contribution >= 4 is 44.1 Å². The number of aryl methyl sites for hydroxylation is 12. The minimum atomic E-state index is -0.191. The van der Waals surface area contributed by atoms with Gasteiger partial charge < -0.3 is 56.2 Å². The summed E-state index contributed by atoms with van der Waals surface area (Å²) in [7, 11) is 3.48. The molecule has 0 aliphatic rings. The van der Waals surface area contributed by atoms with Gasteiger partial charge in [0.2, 0.25) is 22.5 Å². The van der Waals surface area contributed by atoms with E-state index in [4.69, 9.17) is 31.1 Å². The SMILES string of the molecule is COC[C@H](Cc1ccc(C)cc1)n1c(=N)n(Cc2ccc(C)cc2)c2c(C)cccc21.COC[C@H](Cc1ccc(C)cc1)n1c(=N)n(Cc2ccc(C)cc2)c2cc(C)ccc21.Cc1ccc(C[C@@H](CO)n2c(=N)n(Cc3ccc(C)cc3)c3c(C)cccc32)cc1.Cc1ccc(C[C@@H](CO)n2c(=N)n(Cc3ccc(C)cc3)c3cc(C)ccc32)cc1. The van der Waals surface area contributed by atoms with E-state index in [-0.39, 0.29) is 37.4 Å². The molecular formula is C106H120N12O4. The number of ether oxygens (including phenoxy) is 2. The Hall–Kier alpha value is -12.4. The number of nitrogens with zero attached hydrogens (tertiary/aromatic N) is 8. The zero-order chi connectivity index (χ0) is 86.4. The topological polar surface area (TPSA) is 194 Å². The highest BCUT2D eigenvalue weighted by molar-refractivity contribution is 5.82. The lowest BCUT2D eigenvalue weighted by molar-refractivity contribution is 0.154. The van der Waals surface area contributed by atoms with Gasteiger partial charge in [0.25, 0.3) is 0 Å². The maximum atomic E-state index is 10.3. The summed E-state index contributed by atoms with van der Waals surface area (Å²) in [5, 5.41) is 56.8. The minimum absolute atomic E-state index is 0.0119.